The number of carbonyl (C=O) groups is 1. The van der Waals surface area contributed by atoms with E-state index in [-0.39, 0.29) is 5.41 Å². The maximum absolute atomic E-state index is 11.3. The van der Waals surface area contributed by atoms with Crippen LogP contribution in [0.5, 0.6) is 5.75 Å². The molecule has 2 aromatic rings. The van der Waals surface area contributed by atoms with Gasteiger partial charge in [-0.15, -0.1) is 11.3 Å². The minimum absolute atomic E-state index is 0.0358. The highest BCUT2D eigenvalue weighted by Crippen LogP contribution is 2.26. The highest BCUT2D eigenvalue weighted by atomic mass is 32.1. The van der Waals surface area contributed by atoms with Crippen LogP contribution in [0.2, 0.25) is 0 Å². The number of hydrogen-bond acceptors (Lipinski definition) is 4. The number of rotatable bonds is 4. The Morgan fingerprint density at radius 2 is 2.05 bits per heavy atom. The standard InChI is InChI=1S/C15H18N2O2S/c1-15(2,3)14-17-10(9-20-14)8-19-12-7-5-4-6-11(12)13(16)18/h4-7,9H,8H2,1-3H3,(H2,16,18). The molecule has 1 aromatic carbocycles. The number of para-hydroxylation sites is 1. The summed E-state index contributed by atoms with van der Waals surface area (Å²) in [4.78, 5) is 15.8. The number of primary amides is 1. The van der Waals surface area contributed by atoms with Crippen LogP contribution in [0.4, 0.5) is 0 Å². The van der Waals surface area contributed by atoms with Crippen LogP contribution in [-0.2, 0) is 12.0 Å². The third kappa shape index (κ3) is 3.36. The summed E-state index contributed by atoms with van der Waals surface area (Å²) in [5, 5.41) is 3.05. The van der Waals surface area contributed by atoms with Gasteiger partial charge in [-0.05, 0) is 12.1 Å². The molecule has 0 aliphatic carbocycles. The van der Waals surface area contributed by atoms with Crippen LogP contribution < -0.4 is 10.5 Å². The molecule has 20 heavy (non-hydrogen) atoms. The van der Waals surface area contributed by atoms with Crippen molar-refractivity contribution in [2.75, 3.05) is 0 Å². The Bertz CT molecular complexity index is 614. The number of carbonyl (C=O) groups excluding carboxylic acids is 1. The predicted octanol–water partition coefficient (Wildman–Crippen LogP) is 3.12. The van der Waals surface area contributed by atoms with Gasteiger partial charge in [0.05, 0.1) is 16.3 Å². The fourth-order valence-corrected chi connectivity index (χ4v) is 2.56. The van der Waals surface area contributed by atoms with E-state index >= 15 is 0 Å². The number of aromatic nitrogens is 1. The SMILES string of the molecule is CC(C)(C)c1nc(COc2ccccc2C(N)=O)cs1. The van der Waals surface area contributed by atoms with Crippen molar-refractivity contribution in [3.63, 3.8) is 0 Å². The molecule has 1 heterocycles. The summed E-state index contributed by atoms with van der Waals surface area (Å²) < 4.78 is 5.65. The first-order chi connectivity index (χ1) is 9.38. The number of hydrogen-bond donors (Lipinski definition) is 1. The van der Waals surface area contributed by atoms with Crippen molar-refractivity contribution in [3.05, 3.63) is 45.9 Å². The number of benzene rings is 1. The first kappa shape index (κ1) is 14.5. The van der Waals surface area contributed by atoms with Gasteiger partial charge in [-0.2, -0.15) is 0 Å². The smallest absolute Gasteiger partial charge is 0.252 e. The van der Waals surface area contributed by atoms with Crippen LogP contribution in [0, 0.1) is 0 Å². The van der Waals surface area contributed by atoms with Gasteiger partial charge in [0.2, 0.25) is 0 Å². The highest BCUT2D eigenvalue weighted by Gasteiger charge is 2.18. The van der Waals surface area contributed by atoms with E-state index in [1.807, 2.05) is 11.4 Å². The minimum Gasteiger partial charge on any atom is -0.486 e. The van der Waals surface area contributed by atoms with Crippen LogP contribution in [-0.4, -0.2) is 10.9 Å². The van der Waals surface area contributed by atoms with Gasteiger partial charge < -0.3 is 10.5 Å². The van der Waals surface area contributed by atoms with E-state index in [9.17, 15) is 4.79 Å². The van der Waals surface area contributed by atoms with Crippen molar-refractivity contribution in [2.45, 2.75) is 32.8 Å². The monoisotopic (exact) mass is 290 g/mol. The largest absolute Gasteiger partial charge is 0.486 e. The lowest BCUT2D eigenvalue weighted by molar-refractivity contribution is 0.0996. The zero-order valence-electron chi connectivity index (χ0n) is 11.8. The van der Waals surface area contributed by atoms with E-state index in [0.717, 1.165) is 10.7 Å². The third-order valence-corrected chi connectivity index (χ3v) is 4.04. The van der Waals surface area contributed by atoms with Crippen molar-refractivity contribution in [1.82, 2.24) is 4.98 Å². The van der Waals surface area contributed by atoms with Gasteiger partial charge in [0, 0.05) is 10.8 Å². The summed E-state index contributed by atoms with van der Waals surface area (Å²) in [7, 11) is 0. The van der Waals surface area contributed by atoms with Crippen LogP contribution in [0.3, 0.4) is 0 Å². The normalized spacial score (nSPS) is 11.3. The molecule has 2 rings (SSSR count). The molecule has 0 fully saturated rings. The summed E-state index contributed by atoms with van der Waals surface area (Å²) in [6.45, 7) is 6.70. The molecular weight excluding hydrogens is 272 g/mol. The molecule has 4 nitrogen and oxygen atoms in total. The zero-order chi connectivity index (χ0) is 14.8. The number of nitrogens with two attached hydrogens (primary N) is 1. The highest BCUT2D eigenvalue weighted by molar-refractivity contribution is 7.09. The molecule has 1 aromatic heterocycles. The molecule has 1 amide bonds. The molecule has 0 bridgehead atoms. The third-order valence-electron chi connectivity index (χ3n) is 2.72. The van der Waals surface area contributed by atoms with Gasteiger partial charge in [0.15, 0.2) is 0 Å². The summed E-state index contributed by atoms with van der Waals surface area (Å²) in [5.41, 5.74) is 6.60. The maximum Gasteiger partial charge on any atom is 0.252 e. The van der Waals surface area contributed by atoms with E-state index in [1.165, 1.54) is 0 Å². The second kappa shape index (κ2) is 5.63. The summed E-state index contributed by atoms with van der Waals surface area (Å²) in [6.07, 6.45) is 0. The average molecular weight is 290 g/mol. The molecular formula is C15H18N2O2S. The zero-order valence-corrected chi connectivity index (χ0v) is 12.7. The van der Waals surface area contributed by atoms with Crippen molar-refractivity contribution in [1.29, 1.82) is 0 Å². The van der Waals surface area contributed by atoms with Gasteiger partial charge >= 0.3 is 0 Å². The van der Waals surface area contributed by atoms with Crippen LogP contribution in [0.1, 0.15) is 41.8 Å². The minimum atomic E-state index is -0.491. The lowest BCUT2D eigenvalue weighted by atomic mass is 9.98. The molecule has 2 N–H and O–H groups in total. The van der Waals surface area contributed by atoms with E-state index < -0.39 is 5.91 Å². The molecule has 0 atom stereocenters. The first-order valence-corrected chi connectivity index (χ1v) is 7.22. The summed E-state index contributed by atoms with van der Waals surface area (Å²) in [6, 6.07) is 6.95. The van der Waals surface area contributed by atoms with E-state index in [1.54, 1.807) is 29.5 Å². The quantitative estimate of drug-likeness (QED) is 0.941. The molecule has 0 aliphatic rings. The topological polar surface area (TPSA) is 65.2 Å². The molecule has 0 saturated carbocycles. The fraction of sp³-hybridized carbons (Fsp3) is 0.333. The Hall–Kier alpha value is -1.88. The van der Waals surface area contributed by atoms with Crippen LogP contribution in [0.25, 0.3) is 0 Å². The van der Waals surface area contributed by atoms with Gasteiger partial charge in [-0.3, -0.25) is 4.79 Å². The Kier molecular flexibility index (Phi) is 4.09. The average Bonchev–Trinajstić information content (AvgIpc) is 2.85. The number of thiazole rings is 1. The lowest BCUT2D eigenvalue weighted by Crippen LogP contribution is -2.13. The summed E-state index contributed by atoms with van der Waals surface area (Å²) in [5.74, 6) is -0.000401. The molecule has 0 aliphatic heterocycles. The van der Waals surface area contributed by atoms with E-state index in [4.69, 9.17) is 10.5 Å². The Morgan fingerprint density at radius 3 is 2.65 bits per heavy atom. The Morgan fingerprint density at radius 1 is 1.35 bits per heavy atom. The Balaban J connectivity index is 2.10. The first-order valence-electron chi connectivity index (χ1n) is 6.34. The van der Waals surface area contributed by atoms with Crippen molar-refractivity contribution in [2.24, 2.45) is 5.73 Å². The lowest BCUT2D eigenvalue weighted by Gasteiger charge is -2.13. The van der Waals surface area contributed by atoms with E-state index in [2.05, 4.69) is 25.8 Å². The maximum atomic E-state index is 11.3. The number of ether oxygens (including phenoxy) is 1. The number of amides is 1. The van der Waals surface area contributed by atoms with Gasteiger partial charge in [0.25, 0.3) is 5.91 Å². The second-order valence-corrected chi connectivity index (χ2v) is 6.40. The second-order valence-electron chi connectivity index (χ2n) is 5.54. The van der Waals surface area contributed by atoms with Gasteiger partial charge in [-0.25, -0.2) is 4.98 Å². The fourth-order valence-electron chi connectivity index (χ4n) is 1.67. The molecule has 0 saturated heterocycles. The predicted molar refractivity (Wildman–Crippen MR) is 80.1 cm³/mol. The van der Waals surface area contributed by atoms with Crippen molar-refractivity contribution < 1.29 is 9.53 Å². The van der Waals surface area contributed by atoms with Gasteiger partial charge in [-0.1, -0.05) is 32.9 Å². The molecule has 5 heteroatoms. The van der Waals surface area contributed by atoms with E-state index in [0.29, 0.717) is 17.9 Å². The molecule has 106 valence electrons. The van der Waals surface area contributed by atoms with Gasteiger partial charge in [0.1, 0.15) is 12.4 Å². The van der Waals surface area contributed by atoms with Crippen LogP contribution >= 0.6 is 11.3 Å². The Labute approximate surface area is 122 Å². The summed E-state index contributed by atoms with van der Waals surface area (Å²) >= 11 is 1.62. The molecule has 0 radical (unpaired) electrons. The van der Waals surface area contributed by atoms with Crippen molar-refractivity contribution in [3.8, 4) is 5.75 Å². The van der Waals surface area contributed by atoms with Crippen molar-refractivity contribution >= 4 is 17.2 Å². The number of nitrogens with zero attached hydrogens (tertiary/aromatic N) is 1. The molecule has 0 unspecified atom stereocenters. The van der Waals surface area contributed by atoms with Crippen LogP contribution in [0.15, 0.2) is 29.6 Å². The molecule has 0 spiro atoms.